The number of rotatable bonds is 4. The Morgan fingerprint density at radius 1 is 1.32 bits per heavy atom. The first-order valence-electron chi connectivity index (χ1n) is 8.16. The normalized spacial score (nSPS) is 18.4. The third-order valence-corrected chi connectivity index (χ3v) is 5.03. The maximum atomic E-state index is 13.1. The van der Waals surface area contributed by atoms with Gasteiger partial charge in [-0.2, -0.15) is 13.2 Å². The van der Waals surface area contributed by atoms with Gasteiger partial charge in [0.05, 0.1) is 5.56 Å². The highest BCUT2D eigenvalue weighted by atomic mass is 32.1. The first kappa shape index (κ1) is 17.8. The van der Waals surface area contributed by atoms with Crippen LogP contribution in [0.4, 0.5) is 13.2 Å². The number of aromatic nitrogens is 2. The third-order valence-electron chi connectivity index (χ3n) is 4.53. The van der Waals surface area contributed by atoms with Gasteiger partial charge in [-0.3, -0.25) is 4.79 Å². The number of piperidine rings is 1. The Kier molecular flexibility index (Phi) is 5.36. The second kappa shape index (κ2) is 7.51. The number of halogens is 3. The number of hydrogen-bond acceptors (Lipinski definition) is 4. The van der Waals surface area contributed by atoms with E-state index in [4.69, 9.17) is 0 Å². The monoisotopic (exact) mass is 369 g/mol. The van der Waals surface area contributed by atoms with Gasteiger partial charge in [-0.1, -0.05) is 22.7 Å². The molecule has 1 amide bonds. The minimum Gasteiger partial charge on any atom is -0.337 e. The number of hydrogen-bond donors (Lipinski definition) is 0. The molecule has 0 radical (unpaired) electrons. The van der Waals surface area contributed by atoms with Gasteiger partial charge in [-0.25, -0.2) is 0 Å². The third kappa shape index (κ3) is 4.36. The van der Waals surface area contributed by atoms with Crippen molar-refractivity contribution in [1.29, 1.82) is 0 Å². The van der Waals surface area contributed by atoms with Crippen molar-refractivity contribution in [3.05, 3.63) is 46.5 Å². The summed E-state index contributed by atoms with van der Waals surface area (Å²) in [5.41, 5.74) is 0.0995. The lowest BCUT2D eigenvalue weighted by molar-refractivity contribution is -0.138. The molecule has 134 valence electrons. The highest BCUT2D eigenvalue weighted by molar-refractivity contribution is 7.03. The smallest absolute Gasteiger partial charge is 0.337 e. The van der Waals surface area contributed by atoms with Crippen LogP contribution in [-0.2, 0) is 12.6 Å². The van der Waals surface area contributed by atoms with E-state index in [1.165, 1.54) is 12.1 Å². The van der Waals surface area contributed by atoms with Crippen molar-refractivity contribution in [2.24, 2.45) is 5.92 Å². The summed E-state index contributed by atoms with van der Waals surface area (Å²) >= 11 is 1.13. The van der Waals surface area contributed by atoms with Crippen LogP contribution in [0.2, 0.25) is 0 Å². The van der Waals surface area contributed by atoms with Gasteiger partial charge in [0.2, 0.25) is 0 Å². The molecular formula is C17H18F3N3OS. The van der Waals surface area contributed by atoms with Crippen LogP contribution >= 0.6 is 11.5 Å². The summed E-state index contributed by atoms with van der Waals surface area (Å²) < 4.78 is 42.9. The van der Waals surface area contributed by atoms with Gasteiger partial charge >= 0.3 is 6.18 Å². The Balaban J connectivity index is 1.62. The zero-order valence-electron chi connectivity index (χ0n) is 13.5. The fourth-order valence-corrected chi connectivity index (χ4v) is 3.71. The van der Waals surface area contributed by atoms with Crippen LogP contribution in [0.15, 0.2) is 29.6 Å². The van der Waals surface area contributed by atoms with Crippen molar-refractivity contribution in [1.82, 2.24) is 14.5 Å². The number of alkyl halides is 3. The molecule has 0 bridgehead atoms. The molecular weight excluding hydrogens is 351 g/mol. The Morgan fingerprint density at radius 3 is 2.84 bits per heavy atom. The molecule has 1 aromatic heterocycles. The van der Waals surface area contributed by atoms with Crippen LogP contribution < -0.4 is 0 Å². The molecule has 0 saturated carbocycles. The van der Waals surface area contributed by atoms with Crippen molar-refractivity contribution in [2.75, 3.05) is 13.1 Å². The van der Waals surface area contributed by atoms with Gasteiger partial charge in [0.1, 0.15) is 0 Å². The minimum atomic E-state index is -4.33. The highest BCUT2D eigenvalue weighted by Gasteiger charge is 2.33. The molecule has 3 rings (SSSR count). The number of nitrogens with zero attached hydrogens (tertiary/aromatic N) is 3. The summed E-state index contributed by atoms with van der Waals surface area (Å²) in [5.74, 6) is 0.0553. The molecule has 1 fully saturated rings. The van der Waals surface area contributed by atoms with Crippen LogP contribution in [-0.4, -0.2) is 33.5 Å². The van der Waals surface area contributed by atoms with Crippen molar-refractivity contribution in [2.45, 2.75) is 31.9 Å². The fraction of sp³-hybridized carbons (Fsp3) is 0.471. The van der Waals surface area contributed by atoms with Gasteiger partial charge < -0.3 is 4.90 Å². The van der Waals surface area contributed by atoms with E-state index in [9.17, 15) is 18.0 Å². The number of benzene rings is 1. The summed E-state index contributed by atoms with van der Waals surface area (Å²) in [7, 11) is 0. The standard InChI is InChI=1S/C17H18F3N3OS/c18-17(19,20)14-6-2-1-5-13(14)8-7-12-4-3-9-23(10-12)16(24)15-11-25-22-21-15/h1-2,5-6,11-12H,3-4,7-10H2/t12-/m0/s1. The van der Waals surface area contributed by atoms with Crippen LogP contribution in [0.5, 0.6) is 0 Å². The molecule has 0 spiro atoms. The number of aryl methyl sites for hydroxylation is 1. The maximum absolute atomic E-state index is 13.1. The molecule has 8 heteroatoms. The predicted molar refractivity (Wildman–Crippen MR) is 88.3 cm³/mol. The number of likely N-dealkylation sites (tertiary alicyclic amines) is 1. The topological polar surface area (TPSA) is 46.1 Å². The quantitative estimate of drug-likeness (QED) is 0.817. The van der Waals surface area contributed by atoms with E-state index in [0.29, 0.717) is 37.2 Å². The van der Waals surface area contributed by atoms with Crippen LogP contribution in [0.3, 0.4) is 0 Å². The molecule has 25 heavy (non-hydrogen) atoms. The second-order valence-electron chi connectivity index (χ2n) is 6.24. The largest absolute Gasteiger partial charge is 0.416 e. The first-order valence-corrected chi connectivity index (χ1v) is 9.00. The molecule has 2 heterocycles. The Morgan fingerprint density at radius 2 is 2.12 bits per heavy atom. The van der Waals surface area contributed by atoms with Crippen LogP contribution in [0.25, 0.3) is 0 Å². The van der Waals surface area contributed by atoms with E-state index >= 15 is 0 Å². The lowest BCUT2D eigenvalue weighted by Gasteiger charge is -2.32. The number of carbonyl (C=O) groups excluding carboxylic acids is 1. The maximum Gasteiger partial charge on any atom is 0.416 e. The molecule has 0 aliphatic carbocycles. The van der Waals surface area contributed by atoms with Crippen molar-refractivity contribution >= 4 is 17.4 Å². The molecule has 1 aliphatic rings. The molecule has 2 aromatic rings. The SMILES string of the molecule is O=C(c1csnn1)N1CCC[C@@H](CCc2ccccc2C(F)(F)F)C1. The Bertz CT molecular complexity index is 718. The van der Waals surface area contributed by atoms with Gasteiger partial charge in [0.15, 0.2) is 5.69 Å². The zero-order chi connectivity index (χ0) is 17.9. The Labute approximate surface area is 147 Å². The first-order chi connectivity index (χ1) is 11.9. The zero-order valence-corrected chi connectivity index (χ0v) is 14.3. The summed E-state index contributed by atoms with van der Waals surface area (Å²) in [6, 6.07) is 5.71. The van der Waals surface area contributed by atoms with Crippen molar-refractivity contribution in [3.8, 4) is 0 Å². The van der Waals surface area contributed by atoms with E-state index < -0.39 is 11.7 Å². The Hall–Kier alpha value is -1.96. The van der Waals surface area contributed by atoms with E-state index in [1.54, 1.807) is 16.3 Å². The number of carbonyl (C=O) groups is 1. The molecule has 1 aromatic carbocycles. The van der Waals surface area contributed by atoms with Gasteiger partial charge in [0, 0.05) is 18.5 Å². The van der Waals surface area contributed by atoms with Crippen molar-refractivity contribution < 1.29 is 18.0 Å². The lowest BCUT2D eigenvalue weighted by Crippen LogP contribution is -2.40. The average Bonchev–Trinajstić information content (AvgIpc) is 3.13. The molecule has 0 unspecified atom stereocenters. The van der Waals surface area contributed by atoms with Gasteiger partial charge in [-0.15, -0.1) is 5.10 Å². The van der Waals surface area contributed by atoms with Crippen LogP contribution in [0, 0.1) is 5.92 Å². The average molecular weight is 369 g/mol. The molecule has 4 nitrogen and oxygen atoms in total. The summed E-state index contributed by atoms with van der Waals surface area (Å²) in [6.07, 6.45) is -1.56. The lowest BCUT2D eigenvalue weighted by atomic mass is 9.90. The van der Waals surface area contributed by atoms with Gasteiger partial charge in [0.25, 0.3) is 5.91 Å². The van der Waals surface area contributed by atoms with Crippen molar-refractivity contribution in [3.63, 3.8) is 0 Å². The van der Waals surface area contributed by atoms with E-state index in [-0.39, 0.29) is 11.8 Å². The summed E-state index contributed by atoms with van der Waals surface area (Å²) in [4.78, 5) is 14.1. The molecule has 1 saturated heterocycles. The predicted octanol–water partition coefficient (Wildman–Crippen LogP) is 4.04. The molecule has 1 atom stereocenters. The minimum absolute atomic E-state index is 0.144. The molecule has 1 aliphatic heterocycles. The van der Waals surface area contributed by atoms with E-state index in [1.807, 2.05) is 0 Å². The van der Waals surface area contributed by atoms with E-state index in [0.717, 1.165) is 30.4 Å². The van der Waals surface area contributed by atoms with Gasteiger partial charge in [-0.05, 0) is 54.8 Å². The second-order valence-corrected chi connectivity index (χ2v) is 6.85. The van der Waals surface area contributed by atoms with E-state index in [2.05, 4.69) is 9.59 Å². The summed E-state index contributed by atoms with van der Waals surface area (Å²) in [5, 5.41) is 5.42. The molecule has 0 N–H and O–H groups in total. The number of amides is 1. The fourth-order valence-electron chi connectivity index (χ4n) is 3.28. The van der Waals surface area contributed by atoms with Crippen LogP contribution in [0.1, 0.15) is 40.9 Å². The highest BCUT2D eigenvalue weighted by Crippen LogP contribution is 2.33. The summed E-state index contributed by atoms with van der Waals surface area (Å²) in [6.45, 7) is 1.22.